The van der Waals surface area contributed by atoms with Crippen LogP contribution in [0.3, 0.4) is 0 Å². The molecule has 1 fully saturated rings. The van der Waals surface area contributed by atoms with Gasteiger partial charge in [-0.3, -0.25) is 19.5 Å². The third kappa shape index (κ3) is 3.01. The molecule has 0 saturated carbocycles. The Hall–Kier alpha value is -2.95. The maximum Gasteiger partial charge on any atom is 0.256 e. The predicted octanol–water partition coefficient (Wildman–Crippen LogP) is 2.73. The van der Waals surface area contributed by atoms with Gasteiger partial charge >= 0.3 is 0 Å². The molecule has 0 unspecified atom stereocenters. The van der Waals surface area contributed by atoms with E-state index in [2.05, 4.69) is 4.99 Å². The van der Waals surface area contributed by atoms with Crippen LogP contribution in [0.1, 0.15) is 28.8 Å². The summed E-state index contributed by atoms with van der Waals surface area (Å²) < 4.78 is 0. The molecule has 2 amide bonds. The Kier molecular flexibility index (Phi) is 4.29. The van der Waals surface area contributed by atoms with Crippen molar-refractivity contribution in [2.75, 3.05) is 13.1 Å². The molecule has 2 heterocycles. The van der Waals surface area contributed by atoms with Crippen molar-refractivity contribution in [1.82, 2.24) is 9.80 Å². The van der Waals surface area contributed by atoms with Gasteiger partial charge in [-0.15, -0.1) is 0 Å². The number of aliphatic imine (C=N–C) groups is 1. The van der Waals surface area contributed by atoms with E-state index in [-0.39, 0.29) is 11.8 Å². The zero-order valence-corrected chi connectivity index (χ0v) is 14.5. The second-order valence-electron chi connectivity index (χ2n) is 6.85. The summed E-state index contributed by atoms with van der Waals surface area (Å²) in [4.78, 5) is 33.6. The predicted molar refractivity (Wildman–Crippen MR) is 99.8 cm³/mol. The van der Waals surface area contributed by atoms with Gasteiger partial charge in [0, 0.05) is 18.7 Å². The van der Waals surface area contributed by atoms with Crippen LogP contribution in [0.5, 0.6) is 0 Å². The summed E-state index contributed by atoms with van der Waals surface area (Å²) in [6, 6.07) is 19.2. The van der Waals surface area contributed by atoms with Crippen LogP contribution in [-0.2, 0) is 11.3 Å². The van der Waals surface area contributed by atoms with Gasteiger partial charge in [0.15, 0.2) is 0 Å². The summed E-state index contributed by atoms with van der Waals surface area (Å²) in [5.74, 6) is 0.0733. The Labute approximate surface area is 152 Å². The Morgan fingerprint density at radius 2 is 1.58 bits per heavy atom. The Morgan fingerprint density at radius 1 is 0.962 bits per heavy atom. The molecule has 2 aromatic rings. The molecule has 5 heteroatoms. The fraction of sp³-hybridized carbons (Fsp3) is 0.286. The van der Waals surface area contributed by atoms with Crippen LogP contribution < -0.4 is 0 Å². The molecule has 132 valence electrons. The third-order valence-electron chi connectivity index (χ3n) is 5.20. The lowest BCUT2D eigenvalue weighted by Crippen LogP contribution is -2.51. The molecule has 0 N–H and O–H groups in total. The van der Waals surface area contributed by atoms with Crippen molar-refractivity contribution >= 4 is 18.2 Å². The van der Waals surface area contributed by atoms with Crippen molar-refractivity contribution in [3.8, 4) is 0 Å². The van der Waals surface area contributed by atoms with Gasteiger partial charge in [-0.05, 0) is 30.5 Å². The lowest BCUT2D eigenvalue weighted by atomic mass is 9.87. The number of benzene rings is 2. The van der Waals surface area contributed by atoms with Crippen LogP contribution in [0.4, 0.5) is 0 Å². The van der Waals surface area contributed by atoms with Crippen molar-refractivity contribution in [3.63, 3.8) is 0 Å². The number of piperidine rings is 1. The average Bonchev–Trinajstić information content (AvgIpc) is 2.99. The molecule has 0 bridgehead atoms. The number of carbonyl (C=O) groups is 2. The van der Waals surface area contributed by atoms with Crippen LogP contribution in [0.25, 0.3) is 0 Å². The Balaban J connectivity index is 1.40. The number of likely N-dealkylation sites (tertiary alicyclic amines) is 1. The number of carbonyl (C=O) groups excluding carboxylic acids is 2. The quantitative estimate of drug-likeness (QED) is 0.857. The number of nitrogens with zero attached hydrogens (tertiary/aromatic N) is 3. The van der Waals surface area contributed by atoms with E-state index >= 15 is 0 Å². The summed E-state index contributed by atoms with van der Waals surface area (Å²) in [5, 5.41) is 0. The van der Waals surface area contributed by atoms with E-state index in [0.717, 1.165) is 5.56 Å². The molecule has 4 rings (SSSR count). The van der Waals surface area contributed by atoms with Gasteiger partial charge in [0.1, 0.15) is 5.54 Å². The number of amides is 2. The molecule has 0 atom stereocenters. The van der Waals surface area contributed by atoms with Crippen molar-refractivity contribution in [2.45, 2.75) is 24.9 Å². The maximum atomic E-state index is 12.9. The SMILES string of the molecule is O=C(c1ccccc1)N1CCC2(CC1)N=CN(Cc1ccccc1)C2=O. The summed E-state index contributed by atoms with van der Waals surface area (Å²) >= 11 is 0. The number of rotatable bonds is 3. The largest absolute Gasteiger partial charge is 0.338 e. The van der Waals surface area contributed by atoms with Gasteiger partial charge in [-0.1, -0.05) is 48.5 Å². The fourth-order valence-corrected chi connectivity index (χ4v) is 3.63. The van der Waals surface area contributed by atoms with Crippen molar-refractivity contribution in [3.05, 3.63) is 71.8 Å². The van der Waals surface area contributed by atoms with E-state index in [1.54, 1.807) is 11.2 Å². The van der Waals surface area contributed by atoms with E-state index in [4.69, 9.17) is 0 Å². The molecule has 0 aromatic heterocycles. The van der Waals surface area contributed by atoms with Gasteiger partial charge in [-0.2, -0.15) is 0 Å². The summed E-state index contributed by atoms with van der Waals surface area (Å²) in [6.45, 7) is 1.64. The normalized spacial score (nSPS) is 18.5. The standard InChI is InChI=1S/C21H21N3O2/c25-19(18-9-5-2-6-10-18)23-13-11-21(12-14-23)20(26)24(16-22-21)15-17-7-3-1-4-8-17/h1-10,16H,11-15H2. The van der Waals surface area contributed by atoms with Crippen LogP contribution in [0.2, 0.25) is 0 Å². The topological polar surface area (TPSA) is 53.0 Å². The van der Waals surface area contributed by atoms with Crippen molar-refractivity contribution < 1.29 is 9.59 Å². The van der Waals surface area contributed by atoms with E-state index in [9.17, 15) is 9.59 Å². The summed E-state index contributed by atoms with van der Waals surface area (Å²) in [5.41, 5.74) is 1.08. The highest BCUT2D eigenvalue weighted by atomic mass is 16.2. The van der Waals surface area contributed by atoms with Gasteiger partial charge in [0.25, 0.3) is 11.8 Å². The summed E-state index contributed by atoms with van der Waals surface area (Å²) in [6.07, 6.45) is 2.82. The molecule has 2 aliphatic heterocycles. The molecule has 26 heavy (non-hydrogen) atoms. The summed E-state index contributed by atoms with van der Waals surface area (Å²) in [7, 11) is 0. The zero-order valence-electron chi connectivity index (χ0n) is 14.5. The number of hydrogen-bond acceptors (Lipinski definition) is 3. The molecular weight excluding hydrogens is 326 g/mol. The fourth-order valence-electron chi connectivity index (χ4n) is 3.63. The Bertz CT molecular complexity index is 825. The first kappa shape index (κ1) is 16.5. The first-order chi connectivity index (χ1) is 12.7. The molecule has 1 saturated heterocycles. The van der Waals surface area contributed by atoms with Gasteiger partial charge in [0.2, 0.25) is 0 Å². The molecular formula is C21H21N3O2. The monoisotopic (exact) mass is 347 g/mol. The van der Waals surface area contributed by atoms with E-state index in [1.807, 2.05) is 65.6 Å². The van der Waals surface area contributed by atoms with E-state index < -0.39 is 5.54 Å². The highest BCUT2D eigenvalue weighted by Gasteiger charge is 2.47. The smallest absolute Gasteiger partial charge is 0.256 e. The van der Waals surface area contributed by atoms with Crippen molar-refractivity contribution in [1.29, 1.82) is 0 Å². The highest BCUT2D eigenvalue weighted by Crippen LogP contribution is 2.32. The lowest BCUT2D eigenvalue weighted by molar-refractivity contribution is -0.132. The van der Waals surface area contributed by atoms with E-state index in [1.165, 1.54) is 0 Å². The van der Waals surface area contributed by atoms with Crippen LogP contribution >= 0.6 is 0 Å². The molecule has 0 aliphatic carbocycles. The molecule has 5 nitrogen and oxygen atoms in total. The lowest BCUT2D eigenvalue weighted by Gasteiger charge is -2.36. The van der Waals surface area contributed by atoms with Gasteiger partial charge in [0.05, 0.1) is 12.9 Å². The second kappa shape index (κ2) is 6.75. The Morgan fingerprint density at radius 3 is 2.23 bits per heavy atom. The molecule has 0 radical (unpaired) electrons. The minimum atomic E-state index is -0.692. The third-order valence-corrected chi connectivity index (χ3v) is 5.20. The minimum absolute atomic E-state index is 0.0241. The molecule has 2 aliphatic rings. The first-order valence-electron chi connectivity index (χ1n) is 8.93. The van der Waals surface area contributed by atoms with Crippen molar-refractivity contribution in [2.24, 2.45) is 4.99 Å². The second-order valence-corrected chi connectivity index (χ2v) is 6.85. The zero-order chi connectivity index (χ0) is 18.0. The minimum Gasteiger partial charge on any atom is -0.338 e. The van der Waals surface area contributed by atoms with Gasteiger partial charge in [-0.25, -0.2) is 0 Å². The number of hydrogen-bond donors (Lipinski definition) is 0. The van der Waals surface area contributed by atoms with Crippen LogP contribution in [0.15, 0.2) is 65.7 Å². The molecule has 1 spiro atoms. The van der Waals surface area contributed by atoms with Crippen LogP contribution in [-0.4, -0.2) is 46.6 Å². The highest BCUT2D eigenvalue weighted by molar-refractivity contribution is 6.00. The average molecular weight is 347 g/mol. The van der Waals surface area contributed by atoms with Crippen LogP contribution in [0, 0.1) is 0 Å². The van der Waals surface area contributed by atoms with E-state index in [0.29, 0.717) is 38.0 Å². The molecule has 2 aromatic carbocycles. The maximum absolute atomic E-state index is 12.9. The van der Waals surface area contributed by atoms with Gasteiger partial charge < -0.3 is 4.90 Å². The first-order valence-corrected chi connectivity index (χ1v) is 8.93.